The Morgan fingerprint density at radius 1 is 1.04 bits per heavy atom. The smallest absolute Gasteiger partial charge is 0.387 e. The highest BCUT2D eigenvalue weighted by atomic mass is 19.3. The van der Waals surface area contributed by atoms with Crippen LogP contribution >= 0.6 is 0 Å². The Morgan fingerprint density at radius 2 is 1.68 bits per heavy atom. The van der Waals surface area contributed by atoms with E-state index in [4.69, 9.17) is 0 Å². The molecule has 2 N–H and O–H groups in total. The molecule has 0 saturated carbocycles. The molecule has 0 radical (unpaired) electrons. The third kappa shape index (κ3) is 5.76. The molecule has 0 aromatic heterocycles. The molecule has 6 nitrogen and oxygen atoms in total. The van der Waals surface area contributed by atoms with Crippen LogP contribution in [0.5, 0.6) is 5.75 Å². The van der Waals surface area contributed by atoms with Gasteiger partial charge in [-0.25, -0.2) is 9.59 Å². The first kappa shape index (κ1) is 18.2. The molecule has 0 aliphatic rings. The Kier molecular flexibility index (Phi) is 6.27. The van der Waals surface area contributed by atoms with Crippen molar-refractivity contribution in [2.75, 3.05) is 12.4 Å². The fourth-order valence-electron chi connectivity index (χ4n) is 1.95. The van der Waals surface area contributed by atoms with E-state index in [9.17, 15) is 18.4 Å². The number of anilines is 1. The van der Waals surface area contributed by atoms with Gasteiger partial charge in [-0.1, -0.05) is 12.1 Å². The van der Waals surface area contributed by atoms with Gasteiger partial charge in [-0.15, -0.1) is 0 Å². The lowest BCUT2D eigenvalue weighted by Gasteiger charge is -2.09. The van der Waals surface area contributed by atoms with E-state index in [0.29, 0.717) is 11.3 Å². The summed E-state index contributed by atoms with van der Waals surface area (Å²) < 4.78 is 32.9. The fraction of sp³-hybridized carbons (Fsp3) is 0.176. The molecular weight excluding hydrogens is 334 g/mol. The van der Waals surface area contributed by atoms with Crippen LogP contribution in [0.15, 0.2) is 48.5 Å². The highest BCUT2D eigenvalue weighted by Crippen LogP contribution is 2.15. The molecule has 0 heterocycles. The zero-order chi connectivity index (χ0) is 18.2. The maximum Gasteiger partial charge on any atom is 0.387 e. The summed E-state index contributed by atoms with van der Waals surface area (Å²) in [6, 6.07) is 11.7. The number of esters is 1. The summed E-state index contributed by atoms with van der Waals surface area (Å²) in [6.45, 7) is -2.67. The van der Waals surface area contributed by atoms with Gasteiger partial charge in [0.2, 0.25) is 0 Å². The minimum atomic E-state index is -2.87. The molecule has 0 saturated heterocycles. The van der Waals surface area contributed by atoms with Gasteiger partial charge in [0.1, 0.15) is 5.75 Å². The lowest BCUT2D eigenvalue weighted by atomic mass is 10.2. The van der Waals surface area contributed by atoms with Crippen LogP contribution in [-0.4, -0.2) is 25.7 Å². The summed E-state index contributed by atoms with van der Waals surface area (Å²) in [6.07, 6.45) is 0. The Morgan fingerprint density at radius 3 is 2.24 bits per heavy atom. The number of benzene rings is 2. The van der Waals surface area contributed by atoms with Gasteiger partial charge in [0.25, 0.3) is 0 Å². The normalized spacial score (nSPS) is 10.2. The monoisotopic (exact) mass is 350 g/mol. The predicted octanol–water partition coefficient (Wildman–Crippen LogP) is 3.40. The Hall–Kier alpha value is -3.16. The molecule has 0 unspecified atom stereocenters. The van der Waals surface area contributed by atoms with Gasteiger partial charge in [-0.05, 0) is 42.0 Å². The van der Waals surface area contributed by atoms with Gasteiger partial charge in [0, 0.05) is 12.2 Å². The number of hydrogen-bond acceptors (Lipinski definition) is 4. The average Bonchev–Trinajstić information content (AvgIpc) is 2.60. The number of rotatable bonds is 6. The van der Waals surface area contributed by atoms with Crippen LogP contribution in [0.25, 0.3) is 0 Å². The zero-order valence-electron chi connectivity index (χ0n) is 13.3. The topological polar surface area (TPSA) is 76.7 Å². The minimum absolute atomic E-state index is 0.0499. The van der Waals surface area contributed by atoms with Crippen molar-refractivity contribution in [3.63, 3.8) is 0 Å². The molecule has 8 heteroatoms. The van der Waals surface area contributed by atoms with E-state index in [1.807, 2.05) is 0 Å². The number of ether oxygens (including phenoxy) is 2. The third-order valence-corrected chi connectivity index (χ3v) is 3.17. The molecule has 0 fully saturated rings. The van der Waals surface area contributed by atoms with Crippen molar-refractivity contribution in [2.24, 2.45) is 0 Å². The van der Waals surface area contributed by atoms with E-state index in [2.05, 4.69) is 20.1 Å². The molecule has 2 aromatic carbocycles. The highest BCUT2D eigenvalue weighted by molar-refractivity contribution is 5.92. The number of halogens is 2. The lowest BCUT2D eigenvalue weighted by molar-refractivity contribution is -0.0498. The maximum absolute atomic E-state index is 12.1. The molecule has 0 bridgehead atoms. The number of carbonyl (C=O) groups excluding carboxylic acids is 2. The third-order valence-electron chi connectivity index (χ3n) is 3.17. The van der Waals surface area contributed by atoms with Crippen molar-refractivity contribution in [1.29, 1.82) is 0 Å². The lowest BCUT2D eigenvalue weighted by Crippen LogP contribution is -2.28. The quantitative estimate of drug-likeness (QED) is 0.783. The van der Waals surface area contributed by atoms with Crippen LogP contribution in [0.2, 0.25) is 0 Å². The second kappa shape index (κ2) is 8.62. The second-order valence-electron chi connectivity index (χ2n) is 4.90. The standard InChI is InChI=1S/C17H16F2N2O4/c1-24-15(22)12-4-6-13(7-5-12)21-17(23)20-10-11-2-8-14(9-3-11)25-16(18)19/h2-9,16H,10H2,1H3,(H2,20,21,23). The Bertz CT molecular complexity index is 718. The minimum Gasteiger partial charge on any atom is -0.465 e. The van der Waals surface area contributed by atoms with Gasteiger partial charge in [-0.2, -0.15) is 8.78 Å². The van der Waals surface area contributed by atoms with E-state index >= 15 is 0 Å². The zero-order valence-corrected chi connectivity index (χ0v) is 13.3. The number of amides is 2. The maximum atomic E-state index is 12.1. The molecule has 25 heavy (non-hydrogen) atoms. The first-order chi connectivity index (χ1) is 12.0. The number of methoxy groups -OCH3 is 1. The second-order valence-corrected chi connectivity index (χ2v) is 4.90. The summed E-state index contributed by atoms with van der Waals surface area (Å²) in [5.41, 5.74) is 1.60. The number of alkyl halides is 2. The number of urea groups is 1. The first-order valence-corrected chi connectivity index (χ1v) is 7.25. The molecule has 0 aliphatic carbocycles. The summed E-state index contributed by atoms with van der Waals surface area (Å²) in [5.74, 6) is -0.413. The summed E-state index contributed by atoms with van der Waals surface area (Å²) >= 11 is 0. The van der Waals surface area contributed by atoms with Crippen molar-refractivity contribution in [3.05, 3.63) is 59.7 Å². The summed E-state index contributed by atoms with van der Waals surface area (Å²) in [7, 11) is 1.29. The van der Waals surface area contributed by atoms with Crippen molar-refractivity contribution in [3.8, 4) is 5.75 Å². The number of hydrogen-bond donors (Lipinski definition) is 2. The Labute approximate surface area is 142 Å². The molecule has 2 amide bonds. The molecule has 2 rings (SSSR count). The van der Waals surface area contributed by atoms with Crippen LogP contribution in [0.3, 0.4) is 0 Å². The summed E-state index contributed by atoms with van der Waals surface area (Å²) in [4.78, 5) is 23.2. The van der Waals surface area contributed by atoms with Gasteiger partial charge in [0.05, 0.1) is 12.7 Å². The number of nitrogens with one attached hydrogen (secondary N) is 2. The van der Waals surface area contributed by atoms with E-state index in [-0.39, 0.29) is 12.3 Å². The van der Waals surface area contributed by atoms with Crippen LogP contribution in [0.1, 0.15) is 15.9 Å². The SMILES string of the molecule is COC(=O)c1ccc(NC(=O)NCc2ccc(OC(F)F)cc2)cc1. The molecular formula is C17H16F2N2O4. The van der Waals surface area contributed by atoms with Crippen molar-refractivity contribution < 1.29 is 27.8 Å². The van der Waals surface area contributed by atoms with Gasteiger partial charge >= 0.3 is 18.6 Å². The van der Waals surface area contributed by atoms with Crippen LogP contribution in [0, 0.1) is 0 Å². The molecule has 0 aliphatic heterocycles. The largest absolute Gasteiger partial charge is 0.465 e. The molecule has 0 spiro atoms. The van der Waals surface area contributed by atoms with Gasteiger partial charge < -0.3 is 20.1 Å². The van der Waals surface area contributed by atoms with Crippen LogP contribution in [-0.2, 0) is 11.3 Å². The van der Waals surface area contributed by atoms with Gasteiger partial charge in [-0.3, -0.25) is 0 Å². The molecule has 132 valence electrons. The van der Waals surface area contributed by atoms with Crippen molar-refractivity contribution in [2.45, 2.75) is 13.2 Å². The van der Waals surface area contributed by atoms with E-state index < -0.39 is 18.6 Å². The first-order valence-electron chi connectivity index (χ1n) is 7.25. The van der Waals surface area contributed by atoms with E-state index in [0.717, 1.165) is 5.56 Å². The number of carbonyl (C=O) groups is 2. The molecule has 2 aromatic rings. The summed E-state index contributed by atoms with van der Waals surface area (Å²) in [5, 5.41) is 5.23. The van der Waals surface area contributed by atoms with Crippen LogP contribution < -0.4 is 15.4 Å². The van der Waals surface area contributed by atoms with Crippen molar-refractivity contribution in [1.82, 2.24) is 5.32 Å². The van der Waals surface area contributed by atoms with E-state index in [1.54, 1.807) is 24.3 Å². The van der Waals surface area contributed by atoms with Gasteiger partial charge in [0.15, 0.2) is 0 Å². The molecule has 0 atom stereocenters. The predicted molar refractivity (Wildman–Crippen MR) is 86.7 cm³/mol. The van der Waals surface area contributed by atoms with Crippen LogP contribution in [0.4, 0.5) is 19.3 Å². The van der Waals surface area contributed by atoms with E-state index in [1.165, 1.54) is 31.4 Å². The Balaban J connectivity index is 1.83. The average molecular weight is 350 g/mol. The fourth-order valence-corrected chi connectivity index (χ4v) is 1.95. The van der Waals surface area contributed by atoms with Crippen molar-refractivity contribution >= 4 is 17.7 Å². The highest BCUT2D eigenvalue weighted by Gasteiger charge is 2.07.